The van der Waals surface area contributed by atoms with Gasteiger partial charge in [0.05, 0.1) is 0 Å². The fourth-order valence-corrected chi connectivity index (χ4v) is 4.43. The highest BCUT2D eigenvalue weighted by Crippen LogP contribution is 2.25. The number of sulfonamides is 1. The molecule has 1 heterocycles. The molecule has 1 rings (SSSR count). The number of hydrogen-bond donors (Lipinski definition) is 2. The number of nitrogens with one attached hydrogen (secondary N) is 1. The van der Waals surface area contributed by atoms with Crippen LogP contribution in [0.5, 0.6) is 0 Å². The molecule has 0 fully saturated rings. The predicted octanol–water partition coefficient (Wildman–Crippen LogP) is 0.394. The van der Waals surface area contributed by atoms with Crippen molar-refractivity contribution in [1.29, 1.82) is 0 Å². The number of likely N-dealkylation sites (N-methyl/N-ethyl adjacent to an activating group) is 1. The first-order valence-electron chi connectivity index (χ1n) is 6.30. The van der Waals surface area contributed by atoms with Crippen LogP contribution in [0.1, 0.15) is 18.7 Å². The maximum atomic E-state index is 12.3. The molecule has 0 aromatic carbocycles. The quantitative estimate of drug-likeness (QED) is 0.760. The molecule has 0 aliphatic rings. The molecule has 1 aromatic heterocycles. The molecule has 0 saturated carbocycles. The highest BCUT2D eigenvalue weighted by atomic mass is 32.2. The number of rotatable bonds is 7. The number of hydrogen-bond acceptors (Lipinski definition) is 5. The molecule has 6 nitrogen and oxygen atoms in total. The lowest BCUT2D eigenvalue weighted by molar-refractivity contribution is -0.118. The first kappa shape index (κ1) is 17.1. The van der Waals surface area contributed by atoms with Crippen LogP contribution >= 0.6 is 11.3 Å². The first-order chi connectivity index (χ1) is 9.28. The molecule has 1 aromatic rings. The molecule has 0 aliphatic carbocycles. The van der Waals surface area contributed by atoms with Crippen molar-refractivity contribution in [3.8, 4) is 0 Å². The molecule has 20 heavy (non-hydrogen) atoms. The Morgan fingerprint density at radius 1 is 1.50 bits per heavy atom. The van der Waals surface area contributed by atoms with Gasteiger partial charge in [-0.15, -0.1) is 11.3 Å². The van der Waals surface area contributed by atoms with Gasteiger partial charge < -0.3 is 11.1 Å². The van der Waals surface area contributed by atoms with E-state index in [2.05, 4.69) is 5.32 Å². The van der Waals surface area contributed by atoms with Crippen LogP contribution in [0.3, 0.4) is 0 Å². The molecule has 0 radical (unpaired) electrons. The summed E-state index contributed by atoms with van der Waals surface area (Å²) in [5, 5.41) is 2.68. The van der Waals surface area contributed by atoms with Gasteiger partial charge >= 0.3 is 0 Å². The van der Waals surface area contributed by atoms with E-state index in [0.29, 0.717) is 17.2 Å². The fraction of sp³-hybridized carbons (Fsp3) is 0.583. The van der Waals surface area contributed by atoms with Crippen LogP contribution in [0.2, 0.25) is 0 Å². The number of carbonyl (C=O) groups excluding carboxylic acids is 1. The van der Waals surface area contributed by atoms with Crippen LogP contribution in [0, 0.1) is 0 Å². The van der Waals surface area contributed by atoms with Crippen LogP contribution in [0.25, 0.3) is 0 Å². The van der Waals surface area contributed by atoms with E-state index >= 15 is 0 Å². The van der Waals surface area contributed by atoms with Crippen LogP contribution in [0.4, 0.5) is 0 Å². The summed E-state index contributed by atoms with van der Waals surface area (Å²) in [4.78, 5) is 11.7. The van der Waals surface area contributed by atoms with Gasteiger partial charge in [0.15, 0.2) is 0 Å². The second-order valence-electron chi connectivity index (χ2n) is 4.56. The monoisotopic (exact) mass is 319 g/mol. The van der Waals surface area contributed by atoms with Crippen molar-refractivity contribution >= 4 is 27.3 Å². The van der Waals surface area contributed by atoms with E-state index in [9.17, 15) is 13.2 Å². The van der Waals surface area contributed by atoms with Crippen molar-refractivity contribution in [1.82, 2.24) is 9.62 Å². The molecule has 0 bridgehead atoms. The van der Waals surface area contributed by atoms with Crippen molar-refractivity contribution in [2.45, 2.75) is 30.5 Å². The lowest BCUT2D eigenvalue weighted by atomic mass is 10.3. The summed E-state index contributed by atoms with van der Waals surface area (Å²) in [5.41, 5.74) is 5.50. The van der Waals surface area contributed by atoms with E-state index in [0.717, 1.165) is 4.88 Å². The van der Waals surface area contributed by atoms with Gasteiger partial charge in [-0.2, -0.15) is 4.31 Å². The average Bonchev–Trinajstić information content (AvgIpc) is 2.86. The van der Waals surface area contributed by atoms with Crippen molar-refractivity contribution in [3.05, 3.63) is 17.0 Å². The van der Waals surface area contributed by atoms with Crippen molar-refractivity contribution in [3.63, 3.8) is 0 Å². The summed E-state index contributed by atoms with van der Waals surface area (Å²) >= 11 is 1.23. The van der Waals surface area contributed by atoms with Gasteiger partial charge in [0.25, 0.3) is 10.0 Å². The van der Waals surface area contributed by atoms with E-state index in [1.807, 2.05) is 0 Å². The molecule has 8 heteroatoms. The standard InChI is InChI=1S/C12H21N3O3S2/c1-9(8-13)15(3)20(17,18)12-5-4-11(19-12)6-7-14-10(2)16/h4-5,9H,6-8,13H2,1-3H3,(H,14,16). The van der Waals surface area contributed by atoms with E-state index in [4.69, 9.17) is 5.73 Å². The SMILES string of the molecule is CC(=O)NCCc1ccc(S(=O)(=O)N(C)C(C)CN)s1. The molecule has 3 N–H and O–H groups in total. The lowest BCUT2D eigenvalue weighted by Crippen LogP contribution is -2.39. The zero-order valence-corrected chi connectivity index (χ0v) is 13.6. The molecular formula is C12H21N3O3S2. The third kappa shape index (κ3) is 4.27. The summed E-state index contributed by atoms with van der Waals surface area (Å²) in [6, 6.07) is 3.13. The van der Waals surface area contributed by atoms with Crippen LogP contribution in [-0.4, -0.2) is 44.8 Å². The molecule has 1 amide bonds. The van der Waals surface area contributed by atoms with Gasteiger partial charge in [0, 0.05) is 38.0 Å². The largest absolute Gasteiger partial charge is 0.356 e. The van der Waals surface area contributed by atoms with Crippen molar-refractivity contribution in [2.24, 2.45) is 5.73 Å². The Kier molecular flexibility index (Phi) is 6.12. The highest BCUT2D eigenvalue weighted by Gasteiger charge is 2.26. The van der Waals surface area contributed by atoms with Crippen LogP contribution in [0.15, 0.2) is 16.3 Å². The maximum Gasteiger partial charge on any atom is 0.252 e. The van der Waals surface area contributed by atoms with Gasteiger partial charge in [0.1, 0.15) is 4.21 Å². The predicted molar refractivity (Wildman–Crippen MR) is 80.2 cm³/mol. The van der Waals surface area contributed by atoms with Crippen LogP contribution in [-0.2, 0) is 21.2 Å². The highest BCUT2D eigenvalue weighted by molar-refractivity contribution is 7.91. The molecule has 114 valence electrons. The second kappa shape index (κ2) is 7.16. The molecule has 1 unspecified atom stereocenters. The zero-order chi connectivity index (χ0) is 15.3. The molecule has 1 atom stereocenters. The van der Waals surface area contributed by atoms with Gasteiger partial charge in [0.2, 0.25) is 5.91 Å². The fourth-order valence-electron chi connectivity index (χ4n) is 1.52. The Morgan fingerprint density at radius 2 is 2.15 bits per heavy atom. The maximum absolute atomic E-state index is 12.3. The minimum Gasteiger partial charge on any atom is -0.356 e. The van der Waals surface area contributed by atoms with Gasteiger partial charge in [-0.3, -0.25) is 4.79 Å². The van der Waals surface area contributed by atoms with Gasteiger partial charge in [-0.1, -0.05) is 0 Å². The van der Waals surface area contributed by atoms with Crippen molar-refractivity contribution in [2.75, 3.05) is 20.1 Å². The molecule has 0 aliphatic heterocycles. The number of thiophene rings is 1. The average molecular weight is 319 g/mol. The molecular weight excluding hydrogens is 298 g/mol. The number of carbonyl (C=O) groups is 1. The van der Waals surface area contributed by atoms with Gasteiger partial charge in [-0.25, -0.2) is 8.42 Å². The minimum atomic E-state index is -3.49. The summed E-state index contributed by atoms with van der Waals surface area (Å²) in [6.45, 7) is 4.00. The number of nitrogens with two attached hydrogens (primary N) is 1. The first-order valence-corrected chi connectivity index (χ1v) is 8.56. The molecule has 0 saturated heterocycles. The second-order valence-corrected chi connectivity index (χ2v) is 7.95. The summed E-state index contributed by atoms with van der Waals surface area (Å²) < 4.78 is 26.3. The topological polar surface area (TPSA) is 92.5 Å². The summed E-state index contributed by atoms with van der Waals surface area (Å²) in [6.07, 6.45) is 0.621. The third-order valence-electron chi connectivity index (χ3n) is 2.98. The van der Waals surface area contributed by atoms with E-state index in [1.54, 1.807) is 19.1 Å². The third-order valence-corrected chi connectivity index (χ3v) is 6.56. The number of nitrogens with zero attached hydrogens (tertiary/aromatic N) is 1. The Morgan fingerprint density at radius 3 is 2.70 bits per heavy atom. The Bertz CT molecular complexity index is 554. The van der Waals surface area contributed by atoms with Crippen molar-refractivity contribution < 1.29 is 13.2 Å². The van der Waals surface area contributed by atoms with Crippen LogP contribution < -0.4 is 11.1 Å². The Labute approximate surface area is 124 Å². The smallest absolute Gasteiger partial charge is 0.252 e. The zero-order valence-electron chi connectivity index (χ0n) is 11.9. The lowest BCUT2D eigenvalue weighted by Gasteiger charge is -2.21. The van der Waals surface area contributed by atoms with Gasteiger partial charge in [-0.05, 0) is 25.5 Å². The van der Waals surface area contributed by atoms with E-state index in [-0.39, 0.29) is 18.5 Å². The Hall–Kier alpha value is -0.960. The number of amides is 1. The van der Waals surface area contributed by atoms with E-state index < -0.39 is 10.0 Å². The molecule has 0 spiro atoms. The Balaban J connectivity index is 2.77. The normalized spacial score (nSPS) is 13.4. The van der Waals surface area contributed by atoms with E-state index in [1.165, 1.54) is 29.6 Å². The minimum absolute atomic E-state index is 0.0918. The summed E-state index contributed by atoms with van der Waals surface area (Å²) in [5.74, 6) is -0.0918. The summed E-state index contributed by atoms with van der Waals surface area (Å²) in [7, 11) is -1.96.